The minimum atomic E-state index is 0. The van der Waals surface area contributed by atoms with Crippen LogP contribution in [0.3, 0.4) is 0 Å². The van der Waals surface area contributed by atoms with Crippen molar-refractivity contribution in [3.8, 4) is 67.5 Å². The smallest absolute Gasteiger partial charge is 0.164 e. The van der Waals surface area contributed by atoms with E-state index < -0.39 is 0 Å². The monoisotopic (exact) mass is 565 g/mol. The summed E-state index contributed by atoms with van der Waals surface area (Å²) < 4.78 is 0. The van der Waals surface area contributed by atoms with E-state index in [0.29, 0.717) is 17.5 Å². The van der Waals surface area contributed by atoms with Gasteiger partial charge in [0, 0.05) is 23.1 Å². The molecule has 3 nitrogen and oxygen atoms in total. The first kappa shape index (κ1) is 27.2. The van der Waals surface area contributed by atoms with Crippen LogP contribution in [-0.2, 0) is 6.42 Å². The maximum absolute atomic E-state index is 5.04. The minimum Gasteiger partial charge on any atom is -0.208 e. The highest BCUT2D eigenvalue weighted by Gasteiger charge is 2.26. The maximum atomic E-state index is 5.04. The van der Waals surface area contributed by atoms with Gasteiger partial charge in [0.05, 0.1) is 0 Å². The Morgan fingerprint density at radius 3 is 1.23 bits per heavy atom. The van der Waals surface area contributed by atoms with Gasteiger partial charge in [-0.15, -0.1) is 0 Å². The van der Waals surface area contributed by atoms with Crippen LogP contribution in [0.5, 0.6) is 0 Å². The minimum absolute atomic E-state index is 0. The number of fused-ring (bicyclic) bond motifs is 3. The van der Waals surface area contributed by atoms with Crippen molar-refractivity contribution in [1.82, 2.24) is 15.0 Å². The summed E-state index contributed by atoms with van der Waals surface area (Å²) >= 11 is 0. The molecule has 7 aromatic rings. The molecule has 1 aromatic heterocycles. The molecule has 0 N–H and O–H groups in total. The van der Waals surface area contributed by atoms with E-state index in [0.717, 1.165) is 23.1 Å². The SMILES string of the molecule is C.c1ccc(-c2ccc(-c3cccc4c3Cc3c(-c5nc(-c6ccccc6)nc(-c6ccccc6)n5)cccc3-4)cc2)cc1. The highest BCUT2D eigenvalue weighted by atomic mass is 15.0. The van der Waals surface area contributed by atoms with Crippen LogP contribution in [-0.4, -0.2) is 15.0 Å². The lowest BCUT2D eigenvalue weighted by Crippen LogP contribution is -2.01. The van der Waals surface area contributed by atoms with Crippen molar-refractivity contribution in [2.24, 2.45) is 0 Å². The predicted octanol–water partition coefficient (Wildman–Crippen LogP) is 10.4. The molecule has 0 fully saturated rings. The molecule has 210 valence electrons. The van der Waals surface area contributed by atoms with E-state index in [-0.39, 0.29) is 7.43 Å². The Hall–Kier alpha value is -5.67. The summed E-state index contributed by atoms with van der Waals surface area (Å²) in [6, 6.07) is 52.9. The molecule has 44 heavy (non-hydrogen) atoms. The number of nitrogens with zero attached hydrogens (tertiary/aromatic N) is 3. The fourth-order valence-corrected chi connectivity index (χ4v) is 6.12. The molecule has 3 heteroatoms. The average Bonchev–Trinajstić information content (AvgIpc) is 3.49. The van der Waals surface area contributed by atoms with Crippen molar-refractivity contribution in [1.29, 1.82) is 0 Å². The van der Waals surface area contributed by atoms with Crippen LogP contribution in [0.25, 0.3) is 67.5 Å². The van der Waals surface area contributed by atoms with Gasteiger partial charge in [0.2, 0.25) is 0 Å². The molecule has 0 amide bonds. The van der Waals surface area contributed by atoms with E-state index in [2.05, 4.69) is 115 Å². The number of rotatable bonds is 5. The first-order valence-electron chi connectivity index (χ1n) is 14.6. The van der Waals surface area contributed by atoms with Gasteiger partial charge in [0.25, 0.3) is 0 Å². The zero-order valence-corrected chi connectivity index (χ0v) is 23.5. The lowest BCUT2D eigenvalue weighted by molar-refractivity contribution is 1.07. The van der Waals surface area contributed by atoms with Gasteiger partial charge in [-0.1, -0.05) is 159 Å². The van der Waals surface area contributed by atoms with Crippen molar-refractivity contribution in [2.75, 3.05) is 0 Å². The number of benzene rings is 6. The van der Waals surface area contributed by atoms with Gasteiger partial charge < -0.3 is 0 Å². The molecule has 6 aromatic carbocycles. The van der Waals surface area contributed by atoms with Crippen LogP contribution in [0.4, 0.5) is 0 Å². The van der Waals surface area contributed by atoms with Crippen molar-refractivity contribution in [2.45, 2.75) is 13.8 Å². The largest absolute Gasteiger partial charge is 0.208 e. The van der Waals surface area contributed by atoms with Gasteiger partial charge in [0.15, 0.2) is 17.5 Å². The predicted molar refractivity (Wildman–Crippen MR) is 182 cm³/mol. The molecular weight excluding hydrogens is 534 g/mol. The number of hydrogen-bond acceptors (Lipinski definition) is 3. The third kappa shape index (κ3) is 4.89. The molecule has 0 unspecified atom stereocenters. The van der Waals surface area contributed by atoms with Crippen LogP contribution in [0.1, 0.15) is 18.6 Å². The molecule has 8 rings (SSSR count). The van der Waals surface area contributed by atoms with Gasteiger partial charge in [-0.05, 0) is 44.5 Å². The van der Waals surface area contributed by atoms with Crippen molar-refractivity contribution >= 4 is 0 Å². The third-order valence-corrected chi connectivity index (χ3v) is 8.24. The van der Waals surface area contributed by atoms with Gasteiger partial charge in [-0.2, -0.15) is 0 Å². The molecule has 1 aliphatic rings. The molecule has 0 saturated carbocycles. The normalized spacial score (nSPS) is 11.4. The van der Waals surface area contributed by atoms with E-state index in [1.54, 1.807) is 0 Å². The van der Waals surface area contributed by atoms with E-state index in [1.165, 1.54) is 44.5 Å². The summed E-state index contributed by atoms with van der Waals surface area (Å²) in [5.74, 6) is 2.06. The van der Waals surface area contributed by atoms with Crippen LogP contribution < -0.4 is 0 Å². The first-order chi connectivity index (χ1) is 21.3. The van der Waals surface area contributed by atoms with Crippen molar-refractivity contribution in [3.05, 3.63) is 163 Å². The summed E-state index contributed by atoms with van der Waals surface area (Å²) in [7, 11) is 0. The highest BCUT2D eigenvalue weighted by molar-refractivity contribution is 5.89. The number of hydrogen-bond donors (Lipinski definition) is 0. The molecule has 0 bridgehead atoms. The lowest BCUT2D eigenvalue weighted by atomic mass is 9.94. The fourth-order valence-electron chi connectivity index (χ4n) is 6.12. The summed E-state index contributed by atoms with van der Waals surface area (Å²) in [6.07, 6.45) is 0.824. The Balaban J connectivity index is 0.00000312. The zero-order chi connectivity index (χ0) is 28.6. The molecule has 0 spiro atoms. The van der Waals surface area contributed by atoms with E-state index in [9.17, 15) is 0 Å². The zero-order valence-electron chi connectivity index (χ0n) is 23.5. The Bertz CT molecular complexity index is 2010. The van der Waals surface area contributed by atoms with Gasteiger partial charge in [0.1, 0.15) is 0 Å². The second-order valence-electron chi connectivity index (χ2n) is 10.8. The fraction of sp³-hybridized carbons (Fsp3) is 0.0488. The van der Waals surface area contributed by atoms with Crippen molar-refractivity contribution in [3.63, 3.8) is 0 Å². The molecule has 0 aliphatic heterocycles. The third-order valence-electron chi connectivity index (χ3n) is 8.24. The molecule has 1 heterocycles. The van der Waals surface area contributed by atoms with Gasteiger partial charge in [-0.25, -0.2) is 15.0 Å². The van der Waals surface area contributed by atoms with Crippen LogP contribution >= 0.6 is 0 Å². The summed E-state index contributed by atoms with van der Waals surface area (Å²) in [6.45, 7) is 0. The van der Waals surface area contributed by atoms with E-state index in [1.807, 2.05) is 36.4 Å². The Morgan fingerprint density at radius 2 is 0.682 bits per heavy atom. The van der Waals surface area contributed by atoms with E-state index in [4.69, 9.17) is 15.0 Å². The van der Waals surface area contributed by atoms with E-state index >= 15 is 0 Å². The number of aromatic nitrogens is 3. The lowest BCUT2D eigenvalue weighted by Gasteiger charge is -2.11. The molecule has 0 radical (unpaired) electrons. The van der Waals surface area contributed by atoms with Crippen LogP contribution in [0.2, 0.25) is 0 Å². The summed E-state index contributed by atoms with van der Waals surface area (Å²) in [5.41, 5.74) is 13.1. The molecule has 1 aliphatic carbocycles. The average molecular weight is 566 g/mol. The quantitative estimate of drug-likeness (QED) is 0.208. The second kappa shape index (κ2) is 11.5. The molecule has 0 saturated heterocycles. The highest BCUT2D eigenvalue weighted by Crippen LogP contribution is 2.45. The Morgan fingerprint density at radius 1 is 0.295 bits per heavy atom. The maximum Gasteiger partial charge on any atom is 0.164 e. The molecule has 0 atom stereocenters. The van der Waals surface area contributed by atoms with Gasteiger partial charge >= 0.3 is 0 Å². The first-order valence-corrected chi connectivity index (χ1v) is 14.6. The van der Waals surface area contributed by atoms with Crippen molar-refractivity contribution < 1.29 is 0 Å². The van der Waals surface area contributed by atoms with Crippen LogP contribution in [0, 0.1) is 0 Å². The molecular formula is C41H31N3. The van der Waals surface area contributed by atoms with Gasteiger partial charge in [-0.3, -0.25) is 0 Å². The topological polar surface area (TPSA) is 38.7 Å². The standard InChI is InChI=1S/C40H27N3.CH4/c1-4-12-27(13-5-1)28-22-24-29(25-23-28)32-18-10-19-33-34-20-11-21-35(37(34)26-36(32)33)40-42-38(30-14-6-2-7-15-30)41-39(43-40)31-16-8-3-9-17-31;/h1-25H,26H2;1H4. The Labute approximate surface area is 258 Å². The Kier molecular flexibility index (Phi) is 7.13. The summed E-state index contributed by atoms with van der Waals surface area (Å²) in [4.78, 5) is 15.0. The summed E-state index contributed by atoms with van der Waals surface area (Å²) in [5, 5.41) is 0. The van der Waals surface area contributed by atoms with Crippen LogP contribution in [0.15, 0.2) is 152 Å². The second-order valence-corrected chi connectivity index (χ2v) is 10.8.